The van der Waals surface area contributed by atoms with Gasteiger partial charge in [0.1, 0.15) is 23.0 Å². The van der Waals surface area contributed by atoms with Crippen molar-refractivity contribution in [2.75, 3.05) is 21.3 Å². The Balaban J connectivity index is 0.000000152. The van der Waals surface area contributed by atoms with Crippen LogP contribution in [-0.2, 0) is 0 Å². The highest BCUT2D eigenvalue weighted by Crippen LogP contribution is 2.23. The number of hydrogen-bond donors (Lipinski definition) is 4. The van der Waals surface area contributed by atoms with Crippen LogP contribution in [0, 0.1) is 6.92 Å². The molecule has 0 fully saturated rings. The topological polar surface area (TPSA) is 209 Å². The first-order chi connectivity index (χ1) is 36.5. The van der Waals surface area contributed by atoms with E-state index >= 15 is 0 Å². The Bertz CT molecular complexity index is 3350. The van der Waals surface area contributed by atoms with E-state index in [0.29, 0.717) is 5.46 Å². The monoisotopic (exact) mass is 1130 g/mol. The van der Waals surface area contributed by atoms with Crippen molar-refractivity contribution >= 4 is 44.4 Å². The fourth-order valence-corrected chi connectivity index (χ4v) is 6.90. The van der Waals surface area contributed by atoms with E-state index in [2.05, 4.69) is 72.3 Å². The summed E-state index contributed by atoms with van der Waals surface area (Å²) < 4.78 is 22.6. The zero-order valence-electron chi connectivity index (χ0n) is 41.2. The predicted octanol–water partition coefficient (Wildman–Crippen LogP) is 10.2. The van der Waals surface area contributed by atoms with Crippen LogP contribution in [-0.4, -0.2) is 98.1 Å². The standard InChI is InChI=1S/C15H13N3O.C14H11N3O.C10H9BrN2O.C8H10O.C5H6BNO2.C3H3BrN2/c1-19-15-4-2-3-14(9-15)18-11-13(10-17-18)12-5-7-16-8-6-12;18-14-3-1-2-13(8-14)17-10-12(9-16-17)11-4-6-15-7-5-11;1-14-10-4-2-3-9(5-10)13-7-8(11)6-12-13;1-7-4-3-5-8(6-7)9-2;8-6(9)5-1-3-7-4-2-5;4-3-1-5-6-2-3/h2-11H,1H3;1-10,18H;2-7H,1H3;3-6H,1-2H3;1-4,8-9H;1-2H,(H,5,6). The zero-order chi connectivity index (χ0) is 53.2. The molecule has 11 rings (SSSR count). The SMILES string of the molecule is Brc1cn[nH]c1.COc1cccc(-n2cc(-c3ccncc3)cn2)c1.COc1cccc(-n2cc(Br)cn2)c1.COc1cccc(C)c1.OB(O)c1ccncc1.Oc1cccc(-n2cc(-c3ccncc3)cn2)c1. The summed E-state index contributed by atoms with van der Waals surface area (Å²) in [6.07, 6.45) is 24.7. The number of benzene rings is 4. The molecule has 20 heteroatoms. The van der Waals surface area contributed by atoms with Crippen molar-refractivity contribution < 1.29 is 29.4 Å². The highest BCUT2D eigenvalue weighted by atomic mass is 79.9. The number of hydrogen-bond acceptors (Lipinski definition) is 13. The van der Waals surface area contributed by atoms with Crippen molar-refractivity contribution in [3.05, 3.63) is 235 Å². The minimum atomic E-state index is -1.38. The number of rotatable bonds is 9. The lowest BCUT2D eigenvalue weighted by Crippen LogP contribution is -2.29. The van der Waals surface area contributed by atoms with Gasteiger partial charge in [0.2, 0.25) is 0 Å². The van der Waals surface area contributed by atoms with Gasteiger partial charge in [-0.3, -0.25) is 20.1 Å². The molecule has 0 aliphatic heterocycles. The second-order valence-corrected chi connectivity index (χ2v) is 17.3. The third-order valence-electron chi connectivity index (χ3n) is 10.2. The second kappa shape index (κ2) is 29.7. The molecule has 0 spiro atoms. The Hall–Kier alpha value is -8.69. The maximum atomic E-state index is 9.45. The number of phenolic OH excluding ortho intramolecular Hbond substituents is 1. The normalized spacial score (nSPS) is 9.92. The van der Waals surface area contributed by atoms with Gasteiger partial charge in [-0.05, 0) is 146 Å². The molecule has 0 radical (unpaired) electrons. The summed E-state index contributed by atoms with van der Waals surface area (Å²) in [6, 6.07) is 41.4. The molecule has 380 valence electrons. The van der Waals surface area contributed by atoms with Crippen LogP contribution < -0.4 is 19.7 Å². The van der Waals surface area contributed by atoms with Gasteiger partial charge in [0.05, 0.1) is 72.1 Å². The Kier molecular flexibility index (Phi) is 22.1. The van der Waals surface area contributed by atoms with Gasteiger partial charge >= 0.3 is 7.12 Å². The third-order valence-corrected chi connectivity index (χ3v) is 11.0. The molecule has 7 heterocycles. The number of aromatic nitrogens is 11. The largest absolute Gasteiger partial charge is 0.508 e. The predicted molar refractivity (Wildman–Crippen MR) is 298 cm³/mol. The Morgan fingerprint density at radius 1 is 0.480 bits per heavy atom. The quantitative estimate of drug-likeness (QED) is 0.0993. The number of aryl methyl sites for hydroxylation is 1. The van der Waals surface area contributed by atoms with Crippen LogP contribution >= 0.6 is 31.9 Å². The number of halogens is 2. The fourth-order valence-electron chi connectivity index (χ4n) is 6.41. The van der Waals surface area contributed by atoms with Crippen LogP contribution in [0.2, 0.25) is 0 Å². The molecule has 4 N–H and O–H groups in total. The molecule has 0 amide bonds. The number of H-pyrrole nitrogens is 1. The molecule has 0 bridgehead atoms. The molecular formula is C55H52BBr2N11O6. The van der Waals surface area contributed by atoms with E-state index in [1.165, 1.54) is 18.0 Å². The molecular weight excluding hydrogens is 1080 g/mol. The van der Waals surface area contributed by atoms with Gasteiger partial charge in [0, 0.05) is 91.3 Å². The Labute approximate surface area is 451 Å². The number of methoxy groups -OCH3 is 3. The summed E-state index contributed by atoms with van der Waals surface area (Å²) in [6.45, 7) is 2.04. The third kappa shape index (κ3) is 18.4. The lowest BCUT2D eigenvalue weighted by molar-refractivity contribution is 0.414. The van der Waals surface area contributed by atoms with Crippen molar-refractivity contribution in [2.24, 2.45) is 0 Å². The summed E-state index contributed by atoms with van der Waals surface area (Å²) in [5, 5.41) is 45.7. The van der Waals surface area contributed by atoms with Crippen molar-refractivity contribution in [3.8, 4) is 62.3 Å². The molecule has 0 aliphatic rings. The van der Waals surface area contributed by atoms with Gasteiger partial charge in [0.15, 0.2) is 0 Å². The maximum absolute atomic E-state index is 9.45. The maximum Gasteiger partial charge on any atom is 0.488 e. The van der Waals surface area contributed by atoms with E-state index < -0.39 is 7.12 Å². The minimum absolute atomic E-state index is 0.230. The van der Waals surface area contributed by atoms with E-state index in [1.807, 2.05) is 140 Å². The summed E-state index contributed by atoms with van der Waals surface area (Å²) in [7, 11) is 3.60. The molecule has 0 saturated heterocycles. The number of nitrogens with zero attached hydrogens (tertiary/aromatic N) is 10. The number of ether oxygens (including phenoxy) is 3. The Morgan fingerprint density at radius 2 is 0.920 bits per heavy atom. The summed E-state index contributed by atoms with van der Waals surface area (Å²) in [4.78, 5) is 11.7. The van der Waals surface area contributed by atoms with Crippen molar-refractivity contribution in [1.82, 2.24) is 54.5 Å². The van der Waals surface area contributed by atoms with E-state index in [0.717, 1.165) is 65.5 Å². The number of nitrogens with one attached hydrogen (secondary N) is 1. The first-order valence-corrected chi connectivity index (χ1v) is 24.3. The first kappa shape index (κ1) is 55.6. The van der Waals surface area contributed by atoms with E-state index in [1.54, 1.807) is 111 Å². The molecule has 0 atom stereocenters. The molecule has 4 aromatic carbocycles. The van der Waals surface area contributed by atoms with Gasteiger partial charge in [-0.2, -0.15) is 20.4 Å². The number of pyridine rings is 3. The first-order valence-electron chi connectivity index (χ1n) is 22.7. The van der Waals surface area contributed by atoms with Crippen LogP contribution in [0.1, 0.15) is 5.56 Å². The number of aromatic amines is 1. The second-order valence-electron chi connectivity index (χ2n) is 15.4. The van der Waals surface area contributed by atoms with Crippen LogP contribution in [0.25, 0.3) is 39.3 Å². The summed E-state index contributed by atoms with van der Waals surface area (Å²) in [5.74, 6) is 2.80. The highest BCUT2D eigenvalue weighted by molar-refractivity contribution is 9.10. The van der Waals surface area contributed by atoms with Gasteiger partial charge in [-0.25, -0.2) is 14.0 Å². The van der Waals surface area contributed by atoms with Crippen LogP contribution in [0.5, 0.6) is 23.0 Å². The molecule has 11 aromatic rings. The van der Waals surface area contributed by atoms with Crippen LogP contribution in [0.4, 0.5) is 0 Å². The molecule has 0 aliphatic carbocycles. The number of aromatic hydroxyl groups is 1. The molecule has 17 nitrogen and oxygen atoms in total. The van der Waals surface area contributed by atoms with Crippen molar-refractivity contribution in [2.45, 2.75) is 6.92 Å². The zero-order valence-corrected chi connectivity index (χ0v) is 44.3. The fraction of sp³-hybridized carbons (Fsp3) is 0.0727. The minimum Gasteiger partial charge on any atom is -0.508 e. The van der Waals surface area contributed by atoms with Crippen LogP contribution in [0.3, 0.4) is 0 Å². The molecule has 7 aromatic heterocycles. The van der Waals surface area contributed by atoms with Gasteiger partial charge in [0.25, 0.3) is 0 Å². The average molecular weight is 1130 g/mol. The van der Waals surface area contributed by atoms with Crippen molar-refractivity contribution in [3.63, 3.8) is 0 Å². The van der Waals surface area contributed by atoms with Gasteiger partial charge in [-0.1, -0.05) is 30.3 Å². The summed E-state index contributed by atoms with van der Waals surface area (Å²) in [5.41, 5.74) is 8.72. The van der Waals surface area contributed by atoms with E-state index in [4.69, 9.17) is 24.3 Å². The average Bonchev–Trinajstić information content (AvgIpc) is 4.33. The van der Waals surface area contributed by atoms with Crippen LogP contribution in [0.15, 0.2) is 229 Å². The van der Waals surface area contributed by atoms with E-state index in [9.17, 15) is 5.11 Å². The lowest BCUT2D eigenvalue weighted by Gasteiger charge is -2.03. The van der Waals surface area contributed by atoms with Gasteiger partial charge in [-0.15, -0.1) is 0 Å². The molecule has 0 unspecified atom stereocenters. The summed E-state index contributed by atoms with van der Waals surface area (Å²) >= 11 is 6.54. The highest BCUT2D eigenvalue weighted by Gasteiger charge is 2.08. The molecule has 75 heavy (non-hydrogen) atoms. The number of phenols is 1. The van der Waals surface area contributed by atoms with Gasteiger partial charge < -0.3 is 29.4 Å². The smallest absolute Gasteiger partial charge is 0.488 e. The lowest BCUT2D eigenvalue weighted by atomic mass is 9.81. The van der Waals surface area contributed by atoms with E-state index in [-0.39, 0.29) is 5.75 Å². The Morgan fingerprint density at radius 3 is 1.29 bits per heavy atom. The molecule has 0 saturated carbocycles. The van der Waals surface area contributed by atoms with Crippen molar-refractivity contribution in [1.29, 1.82) is 0 Å².